The Morgan fingerprint density at radius 3 is 2.55 bits per heavy atom. The summed E-state index contributed by atoms with van der Waals surface area (Å²) in [7, 11) is 0. The minimum absolute atomic E-state index is 0.145. The summed E-state index contributed by atoms with van der Waals surface area (Å²) in [5.74, 6) is -1.33. The summed E-state index contributed by atoms with van der Waals surface area (Å²) < 4.78 is 51.1. The molecule has 2 aromatic rings. The van der Waals surface area contributed by atoms with E-state index >= 15 is 0 Å². The molecular weight excluding hydrogens is 294 g/mol. The van der Waals surface area contributed by atoms with Crippen molar-refractivity contribution in [3.05, 3.63) is 40.2 Å². The second-order valence-corrected chi connectivity index (χ2v) is 5.07. The van der Waals surface area contributed by atoms with E-state index in [1.165, 1.54) is 6.07 Å². The molecule has 0 fully saturated rings. The number of benzene rings is 1. The highest BCUT2D eigenvalue weighted by molar-refractivity contribution is 7.15. The standard InChI is InChI=1S/C13H9F4NOS/c1-2-11-10(6-19)18-12(20-11)7-3-4-9(14)8(5-7)13(15,16)17/h3-6H,2H2,1H3. The van der Waals surface area contributed by atoms with Crippen LogP contribution >= 0.6 is 11.3 Å². The SMILES string of the molecule is CCc1sc(-c2ccc(F)c(C(F)(F)F)c2)nc1C=O. The van der Waals surface area contributed by atoms with Crippen molar-refractivity contribution in [3.8, 4) is 10.6 Å². The number of carbonyl (C=O) groups is 1. The van der Waals surface area contributed by atoms with Crippen molar-refractivity contribution < 1.29 is 22.4 Å². The second kappa shape index (κ2) is 5.32. The Hall–Kier alpha value is -1.76. The fraction of sp³-hybridized carbons (Fsp3) is 0.231. The molecule has 7 heteroatoms. The van der Waals surface area contributed by atoms with Crippen LogP contribution in [0.15, 0.2) is 18.2 Å². The number of carbonyl (C=O) groups excluding carboxylic acids is 1. The maximum atomic E-state index is 13.2. The molecule has 0 atom stereocenters. The molecule has 0 unspecified atom stereocenters. The molecule has 1 heterocycles. The molecule has 2 nitrogen and oxygen atoms in total. The van der Waals surface area contributed by atoms with E-state index in [0.29, 0.717) is 23.7 Å². The average molecular weight is 303 g/mol. The Morgan fingerprint density at radius 2 is 2.05 bits per heavy atom. The van der Waals surface area contributed by atoms with Crippen LogP contribution in [-0.4, -0.2) is 11.3 Å². The van der Waals surface area contributed by atoms with Gasteiger partial charge >= 0.3 is 6.18 Å². The van der Waals surface area contributed by atoms with Gasteiger partial charge in [-0.3, -0.25) is 4.79 Å². The van der Waals surface area contributed by atoms with Crippen LogP contribution in [-0.2, 0) is 12.6 Å². The predicted molar refractivity (Wildman–Crippen MR) is 67.3 cm³/mol. The molecule has 0 aliphatic rings. The van der Waals surface area contributed by atoms with Crippen LogP contribution in [0, 0.1) is 5.82 Å². The van der Waals surface area contributed by atoms with Gasteiger partial charge < -0.3 is 0 Å². The summed E-state index contributed by atoms with van der Waals surface area (Å²) in [6.45, 7) is 1.82. The molecular formula is C13H9F4NOS. The van der Waals surface area contributed by atoms with Gasteiger partial charge in [0.25, 0.3) is 0 Å². The van der Waals surface area contributed by atoms with Crippen molar-refractivity contribution in [2.45, 2.75) is 19.5 Å². The van der Waals surface area contributed by atoms with Crippen LogP contribution < -0.4 is 0 Å². The Bertz CT molecular complexity index is 648. The van der Waals surface area contributed by atoms with Gasteiger partial charge in [0.2, 0.25) is 0 Å². The van der Waals surface area contributed by atoms with E-state index in [1.807, 2.05) is 6.92 Å². The number of nitrogens with zero attached hydrogens (tertiary/aromatic N) is 1. The number of alkyl halides is 3. The summed E-state index contributed by atoms with van der Waals surface area (Å²) >= 11 is 1.13. The van der Waals surface area contributed by atoms with Gasteiger partial charge in [0.1, 0.15) is 16.5 Å². The number of halogens is 4. The topological polar surface area (TPSA) is 30.0 Å². The summed E-state index contributed by atoms with van der Waals surface area (Å²) in [6.07, 6.45) is -3.65. The van der Waals surface area contributed by atoms with Crippen LogP contribution in [0.25, 0.3) is 10.6 Å². The third-order valence-corrected chi connectivity index (χ3v) is 3.94. The van der Waals surface area contributed by atoms with Crippen molar-refractivity contribution in [2.24, 2.45) is 0 Å². The lowest BCUT2D eigenvalue weighted by Gasteiger charge is -2.08. The third kappa shape index (κ3) is 2.72. The normalized spacial score (nSPS) is 11.7. The first-order valence-corrected chi connectivity index (χ1v) is 6.50. The molecule has 0 amide bonds. The van der Waals surface area contributed by atoms with Crippen molar-refractivity contribution in [1.82, 2.24) is 4.98 Å². The van der Waals surface area contributed by atoms with E-state index in [4.69, 9.17) is 0 Å². The molecule has 1 aromatic carbocycles. The molecule has 20 heavy (non-hydrogen) atoms. The predicted octanol–water partition coefficient (Wildman–Crippen LogP) is 4.34. The van der Waals surface area contributed by atoms with Crippen LogP contribution in [0.1, 0.15) is 27.9 Å². The maximum absolute atomic E-state index is 13.2. The number of thiazole rings is 1. The summed E-state index contributed by atoms with van der Waals surface area (Å²) in [6, 6.07) is 2.69. The largest absolute Gasteiger partial charge is 0.419 e. The Morgan fingerprint density at radius 1 is 1.35 bits per heavy atom. The number of rotatable bonds is 3. The van der Waals surface area contributed by atoms with E-state index in [9.17, 15) is 22.4 Å². The fourth-order valence-electron chi connectivity index (χ4n) is 1.71. The van der Waals surface area contributed by atoms with Crippen LogP contribution in [0.4, 0.5) is 17.6 Å². The van der Waals surface area contributed by atoms with Crippen molar-refractivity contribution in [2.75, 3.05) is 0 Å². The first-order valence-electron chi connectivity index (χ1n) is 5.68. The lowest BCUT2D eigenvalue weighted by molar-refractivity contribution is -0.139. The molecule has 0 saturated carbocycles. The minimum Gasteiger partial charge on any atom is -0.296 e. The first kappa shape index (κ1) is 14.6. The van der Waals surface area contributed by atoms with Gasteiger partial charge in [-0.25, -0.2) is 9.37 Å². The lowest BCUT2D eigenvalue weighted by atomic mass is 10.1. The smallest absolute Gasteiger partial charge is 0.296 e. The highest BCUT2D eigenvalue weighted by atomic mass is 32.1. The van der Waals surface area contributed by atoms with Gasteiger partial charge in [0.05, 0.1) is 5.56 Å². The van der Waals surface area contributed by atoms with E-state index < -0.39 is 17.6 Å². The molecule has 2 rings (SSSR count). The van der Waals surface area contributed by atoms with Gasteiger partial charge in [-0.1, -0.05) is 6.92 Å². The average Bonchev–Trinajstić information content (AvgIpc) is 2.81. The van der Waals surface area contributed by atoms with Crippen LogP contribution in [0.2, 0.25) is 0 Å². The van der Waals surface area contributed by atoms with Crippen LogP contribution in [0.5, 0.6) is 0 Å². The number of aromatic nitrogens is 1. The number of hydrogen-bond donors (Lipinski definition) is 0. The third-order valence-electron chi connectivity index (χ3n) is 2.68. The number of aryl methyl sites for hydroxylation is 1. The fourth-order valence-corrected chi connectivity index (χ4v) is 2.67. The molecule has 0 aliphatic carbocycles. The second-order valence-electron chi connectivity index (χ2n) is 3.99. The molecule has 0 saturated heterocycles. The monoisotopic (exact) mass is 303 g/mol. The zero-order chi connectivity index (χ0) is 14.9. The lowest BCUT2D eigenvalue weighted by Crippen LogP contribution is -2.08. The maximum Gasteiger partial charge on any atom is 0.419 e. The highest BCUT2D eigenvalue weighted by Gasteiger charge is 2.34. The van der Waals surface area contributed by atoms with Crippen molar-refractivity contribution in [1.29, 1.82) is 0 Å². The van der Waals surface area contributed by atoms with Crippen molar-refractivity contribution in [3.63, 3.8) is 0 Å². The van der Waals surface area contributed by atoms with Gasteiger partial charge in [-0.2, -0.15) is 13.2 Å². The van der Waals surface area contributed by atoms with Crippen LogP contribution in [0.3, 0.4) is 0 Å². The highest BCUT2D eigenvalue weighted by Crippen LogP contribution is 2.35. The summed E-state index contributed by atoms with van der Waals surface area (Å²) in [5.41, 5.74) is -0.979. The van der Waals surface area contributed by atoms with E-state index in [-0.39, 0.29) is 16.3 Å². The molecule has 0 bridgehead atoms. The Kier molecular flexibility index (Phi) is 3.89. The van der Waals surface area contributed by atoms with Gasteiger partial charge in [0.15, 0.2) is 6.29 Å². The number of hydrogen-bond acceptors (Lipinski definition) is 3. The Balaban J connectivity index is 2.53. The van der Waals surface area contributed by atoms with Crippen molar-refractivity contribution >= 4 is 17.6 Å². The molecule has 0 aliphatic heterocycles. The number of aldehydes is 1. The molecule has 0 radical (unpaired) electrons. The van der Waals surface area contributed by atoms with Gasteiger partial charge in [0, 0.05) is 10.4 Å². The van der Waals surface area contributed by atoms with E-state index in [0.717, 1.165) is 17.4 Å². The summed E-state index contributed by atoms with van der Waals surface area (Å²) in [4.78, 5) is 15.5. The van der Waals surface area contributed by atoms with Gasteiger partial charge in [-0.15, -0.1) is 11.3 Å². The Labute approximate surface area is 116 Å². The minimum atomic E-state index is -4.77. The molecule has 0 N–H and O–H groups in total. The quantitative estimate of drug-likeness (QED) is 0.623. The van der Waals surface area contributed by atoms with E-state index in [1.54, 1.807) is 0 Å². The van der Waals surface area contributed by atoms with Gasteiger partial charge in [-0.05, 0) is 24.6 Å². The molecule has 1 aromatic heterocycles. The molecule has 106 valence electrons. The molecule has 0 spiro atoms. The summed E-state index contributed by atoms with van der Waals surface area (Å²) in [5, 5.41) is 0.273. The zero-order valence-corrected chi connectivity index (χ0v) is 11.1. The first-order chi connectivity index (χ1) is 9.36. The zero-order valence-electron chi connectivity index (χ0n) is 10.3. The van der Waals surface area contributed by atoms with E-state index in [2.05, 4.69) is 4.98 Å².